The molecule has 0 aromatic carbocycles. The molecule has 0 spiro atoms. The monoisotopic (exact) mass is 316 g/mol. The molecule has 0 bridgehead atoms. The van der Waals surface area contributed by atoms with Gasteiger partial charge in [0.1, 0.15) is 0 Å². The van der Waals surface area contributed by atoms with Gasteiger partial charge in [0.05, 0.1) is 5.60 Å². The Kier molecular flexibility index (Phi) is 3.73. The molecular formula is C14H21BrOS. The Morgan fingerprint density at radius 1 is 1.47 bits per heavy atom. The molecule has 96 valence electrons. The van der Waals surface area contributed by atoms with E-state index >= 15 is 0 Å². The van der Waals surface area contributed by atoms with Crippen LogP contribution in [0.4, 0.5) is 0 Å². The number of hydrogen-bond acceptors (Lipinski definition) is 2. The Bertz CT molecular complexity index is 399. The number of aliphatic hydroxyl groups is 1. The third-order valence-corrected chi connectivity index (χ3v) is 5.26. The van der Waals surface area contributed by atoms with Crippen LogP contribution in [0.5, 0.6) is 0 Å². The smallest absolute Gasteiger partial charge is 0.0703 e. The van der Waals surface area contributed by atoms with Crippen LogP contribution in [0.1, 0.15) is 44.9 Å². The molecule has 1 saturated carbocycles. The quantitative estimate of drug-likeness (QED) is 0.843. The molecule has 0 radical (unpaired) electrons. The van der Waals surface area contributed by atoms with Crippen molar-refractivity contribution in [3.05, 3.63) is 20.8 Å². The van der Waals surface area contributed by atoms with Crippen LogP contribution in [0.15, 0.2) is 15.9 Å². The van der Waals surface area contributed by atoms with Crippen LogP contribution in [-0.2, 0) is 6.42 Å². The van der Waals surface area contributed by atoms with Gasteiger partial charge in [-0.15, -0.1) is 11.3 Å². The van der Waals surface area contributed by atoms with E-state index in [4.69, 9.17) is 0 Å². The highest BCUT2D eigenvalue weighted by atomic mass is 79.9. The highest BCUT2D eigenvalue weighted by molar-refractivity contribution is 9.10. The fraction of sp³-hybridized carbons (Fsp3) is 0.714. The lowest BCUT2D eigenvalue weighted by Crippen LogP contribution is -2.43. The summed E-state index contributed by atoms with van der Waals surface area (Å²) in [4.78, 5) is 1.28. The first-order valence-electron chi connectivity index (χ1n) is 6.23. The third-order valence-electron chi connectivity index (χ3n) is 3.56. The fourth-order valence-electron chi connectivity index (χ4n) is 3.60. The van der Waals surface area contributed by atoms with Crippen LogP contribution in [-0.4, -0.2) is 10.7 Å². The van der Waals surface area contributed by atoms with E-state index in [1.165, 1.54) is 11.3 Å². The van der Waals surface area contributed by atoms with Gasteiger partial charge in [0.15, 0.2) is 0 Å². The molecule has 1 nitrogen and oxygen atoms in total. The molecule has 1 heterocycles. The normalized spacial score (nSPS) is 32.6. The molecule has 1 aromatic rings. The minimum absolute atomic E-state index is 0.265. The first-order valence-corrected chi connectivity index (χ1v) is 7.91. The molecule has 2 unspecified atom stereocenters. The molecule has 17 heavy (non-hydrogen) atoms. The van der Waals surface area contributed by atoms with Crippen LogP contribution in [0.25, 0.3) is 0 Å². The Morgan fingerprint density at radius 3 is 2.71 bits per heavy atom. The van der Waals surface area contributed by atoms with Gasteiger partial charge >= 0.3 is 0 Å². The maximum Gasteiger partial charge on any atom is 0.0703 e. The summed E-state index contributed by atoms with van der Waals surface area (Å²) in [7, 11) is 0. The van der Waals surface area contributed by atoms with E-state index < -0.39 is 5.60 Å². The van der Waals surface area contributed by atoms with Crippen LogP contribution in [0, 0.1) is 11.3 Å². The Labute approximate surface area is 116 Å². The van der Waals surface area contributed by atoms with Gasteiger partial charge < -0.3 is 5.11 Å². The maximum atomic E-state index is 10.8. The molecule has 1 aromatic heterocycles. The minimum Gasteiger partial charge on any atom is -0.389 e. The standard InChI is InChI=1S/C14H21BrOS/c1-10-5-13(2,3)9-14(16,6-10)7-12-4-11(15)8-17-12/h4,8,10,16H,5-7,9H2,1-3H3. The van der Waals surface area contributed by atoms with Crippen molar-refractivity contribution >= 4 is 27.3 Å². The number of halogens is 1. The Balaban J connectivity index is 2.12. The summed E-state index contributed by atoms with van der Waals surface area (Å²) in [5.74, 6) is 0.618. The molecule has 1 N–H and O–H groups in total. The zero-order valence-electron chi connectivity index (χ0n) is 10.8. The van der Waals surface area contributed by atoms with E-state index in [1.54, 1.807) is 11.3 Å². The van der Waals surface area contributed by atoms with Crippen LogP contribution in [0.3, 0.4) is 0 Å². The summed E-state index contributed by atoms with van der Waals surface area (Å²) >= 11 is 5.21. The van der Waals surface area contributed by atoms with Gasteiger partial charge in [-0.05, 0) is 52.6 Å². The molecule has 0 saturated heterocycles. The first-order chi connectivity index (χ1) is 7.78. The highest BCUT2D eigenvalue weighted by Crippen LogP contribution is 2.45. The van der Waals surface area contributed by atoms with Gasteiger partial charge in [-0.1, -0.05) is 20.8 Å². The summed E-state index contributed by atoms with van der Waals surface area (Å²) in [6, 6.07) is 2.13. The molecule has 0 aliphatic heterocycles. The molecule has 2 rings (SSSR count). The summed E-state index contributed by atoms with van der Waals surface area (Å²) in [6.07, 6.45) is 3.88. The van der Waals surface area contributed by atoms with Crippen LogP contribution < -0.4 is 0 Å². The van der Waals surface area contributed by atoms with Crippen molar-refractivity contribution in [1.82, 2.24) is 0 Å². The first kappa shape index (κ1) is 13.6. The average molecular weight is 317 g/mol. The second-order valence-electron chi connectivity index (χ2n) is 6.49. The third kappa shape index (κ3) is 3.55. The van der Waals surface area contributed by atoms with Crippen molar-refractivity contribution in [2.75, 3.05) is 0 Å². The van der Waals surface area contributed by atoms with E-state index in [1.807, 2.05) is 0 Å². The molecular weight excluding hydrogens is 296 g/mol. The van der Waals surface area contributed by atoms with E-state index in [9.17, 15) is 5.11 Å². The van der Waals surface area contributed by atoms with Crippen LogP contribution >= 0.6 is 27.3 Å². The van der Waals surface area contributed by atoms with Crippen molar-refractivity contribution in [1.29, 1.82) is 0 Å². The summed E-state index contributed by atoms with van der Waals surface area (Å²) < 4.78 is 1.13. The zero-order chi connectivity index (χ0) is 12.7. The molecule has 3 heteroatoms. The van der Waals surface area contributed by atoms with E-state index in [0.717, 1.165) is 23.7 Å². The van der Waals surface area contributed by atoms with E-state index in [2.05, 4.69) is 48.1 Å². The number of rotatable bonds is 2. The fourth-order valence-corrected chi connectivity index (χ4v) is 5.19. The molecule has 2 atom stereocenters. The van der Waals surface area contributed by atoms with Crippen molar-refractivity contribution in [2.45, 2.75) is 52.1 Å². The number of hydrogen-bond donors (Lipinski definition) is 1. The maximum absolute atomic E-state index is 10.8. The van der Waals surface area contributed by atoms with Crippen molar-refractivity contribution < 1.29 is 5.11 Å². The van der Waals surface area contributed by atoms with Gasteiger partial charge in [0.2, 0.25) is 0 Å². The lowest BCUT2D eigenvalue weighted by atomic mass is 9.65. The predicted molar refractivity (Wildman–Crippen MR) is 77.5 cm³/mol. The van der Waals surface area contributed by atoms with E-state index in [0.29, 0.717) is 5.92 Å². The molecule has 1 fully saturated rings. The molecule has 0 amide bonds. The van der Waals surface area contributed by atoms with Gasteiger partial charge in [-0.3, -0.25) is 0 Å². The minimum atomic E-state index is -0.508. The Hall–Kier alpha value is 0.140. The predicted octanol–water partition coefficient (Wildman–Crippen LogP) is 4.63. The van der Waals surface area contributed by atoms with Crippen molar-refractivity contribution in [3.8, 4) is 0 Å². The summed E-state index contributed by atoms with van der Waals surface area (Å²) in [5, 5.41) is 12.9. The van der Waals surface area contributed by atoms with Gasteiger partial charge in [-0.2, -0.15) is 0 Å². The summed E-state index contributed by atoms with van der Waals surface area (Å²) in [6.45, 7) is 6.81. The van der Waals surface area contributed by atoms with Gasteiger partial charge in [0, 0.05) is 21.2 Å². The molecule has 1 aliphatic rings. The van der Waals surface area contributed by atoms with Crippen LogP contribution in [0.2, 0.25) is 0 Å². The lowest BCUT2D eigenvalue weighted by Gasteiger charge is -2.44. The van der Waals surface area contributed by atoms with Crippen molar-refractivity contribution in [3.63, 3.8) is 0 Å². The van der Waals surface area contributed by atoms with E-state index in [-0.39, 0.29) is 5.41 Å². The zero-order valence-corrected chi connectivity index (χ0v) is 13.2. The SMILES string of the molecule is CC1CC(C)(C)CC(O)(Cc2cc(Br)cs2)C1. The van der Waals surface area contributed by atoms with Crippen molar-refractivity contribution in [2.24, 2.45) is 11.3 Å². The summed E-state index contributed by atoms with van der Waals surface area (Å²) in [5.41, 5.74) is -0.244. The number of thiophene rings is 1. The average Bonchev–Trinajstić information content (AvgIpc) is 2.44. The second kappa shape index (κ2) is 4.67. The topological polar surface area (TPSA) is 20.2 Å². The van der Waals surface area contributed by atoms with Gasteiger partial charge in [0.25, 0.3) is 0 Å². The second-order valence-corrected chi connectivity index (χ2v) is 8.40. The van der Waals surface area contributed by atoms with Gasteiger partial charge in [-0.25, -0.2) is 0 Å². The highest BCUT2D eigenvalue weighted by Gasteiger charge is 2.41. The molecule has 1 aliphatic carbocycles. The Morgan fingerprint density at radius 2 is 2.18 bits per heavy atom. The lowest BCUT2D eigenvalue weighted by molar-refractivity contribution is -0.0569. The largest absolute Gasteiger partial charge is 0.389 e.